The summed E-state index contributed by atoms with van der Waals surface area (Å²) in [7, 11) is -1.07. The van der Waals surface area contributed by atoms with Gasteiger partial charge in [0.25, 0.3) is 8.32 Å². The maximum atomic E-state index is 11.9. The number of nitrogens with zero attached hydrogens (tertiary/aromatic N) is 1. The fourth-order valence-corrected chi connectivity index (χ4v) is 10.2. The number of ether oxygens (including phenoxy) is 1. The topological polar surface area (TPSA) is 88.1 Å². The summed E-state index contributed by atoms with van der Waals surface area (Å²) in [6.07, 6.45) is 0.279. The van der Waals surface area contributed by atoms with Crippen LogP contribution >= 0.6 is 23.2 Å². The zero-order valence-corrected chi connectivity index (χ0v) is 27.1. The first-order chi connectivity index (χ1) is 20.0. The van der Waals surface area contributed by atoms with Gasteiger partial charge in [0, 0.05) is 35.6 Å². The number of methoxy groups -OCH3 is 1. The van der Waals surface area contributed by atoms with Crippen LogP contribution in [-0.4, -0.2) is 63.7 Å². The number of urea groups is 1. The summed E-state index contributed by atoms with van der Waals surface area (Å²) in [6.45, 7) is 8.44. The Morgan fingerprint density at radius 3 is 2.12 bits per heavy atom. The molecule has 2 N–H and O–H groups in total. The third-order valence-electron chi connectivity index (χ3n) is 7.19. The van der Waals surface area contributed by atoms with Crippen LogP contribution in [0, 0.1) is 5.92 Å². The number of nitrogens with one attached hydrogen (secondary N) is 1. The van der Waals surface area contributed by atoms with Crippen LogP contribution in [-0.2, 0) is 20.5 Å². The standard InChI is InChI=1S/C18H24O2Si.C14H16Cl2N2O3/c1-18(2,3)21(20-15-14-19,16-10-6-4-7-11-16)17-12-8-5-9-13-17;1-21-13(19)4-9-6-17-14(20)18(7-9)8-10-2-3-11(15)5-12(10)16/h4-13,19H,14-15H2,1-3H3;2-3,5,9H,4,6-8H2,1H3,(H,17,20). The summed E-state index contributed by atoms with van der Waals surface area (Å²) < 4.78 is 11.1. The third-order valence-corrected chi connectivity index (χ3v) is 12.8. The highest BCUT2D eigenvalue weighted by atomic mass is 35.5. The number of carbonyl (C=O) groups excluding carboxylic acids is 2. The van der Waals surface area contributed by atoms with Crippen LogP contribution in [0.25, 0.3) is 0 Å². The molecule has 3 aromatic carbocycles. The van der Waals surface area contributed by atoms with E-state index < -0.39 is 8.32 Å². The van der Waals surface area contributed by atoms with Gasteiger partial charge in [0.15, 0.2) is 0 Å². The normalized spacial score (nSPS) is 15.4. The lowest BCUT2D eigenvalue weighted by Gasteiger charge is -2.42. The molecular formula is C32H40Cl2N2O5Si. The number of esters is 1. The highest BCUT2D eigenvalue weighted by Crippen LogP contribution is 2.36. The fourth-order valence-electron chi connectivity index (χ4n) is 5.21. The molecule has 2 amide bonds. The molecular weight excluding hydrogens is 591 g/mol. The SMILES string of the molecule is CC(C)(C)[Si](OCCO)(c1ccccc1)c1ccccc1.COC(=O)CC1CNC(=O)N(Cc2ccc(Cl)cc2Cl)C1. The van der Waals surface area contributed by atoms with E-state index in [0.29, 0.717) is 36.3 Å². The molecule has 10 heteroatoms. The minimum absolute atomic E-state index is 0.0229. The average Bonchev–Trinajstić information content (AvgIpc) is 2.97. The predicted molar refractivity (Wildman–Crippen MR) is 171 cm³/mol. The Bertz CT molecular complexity index is 1270. The second kappa shape index (κ2) is 15.5. The van der Waals surface area contributed by atoms with Gasteiger partial charge in [-0.1, -0.05) is 111 Å². The lowest BCUT2D eigenvalue weighted by atomic mass is 10.0. The van der Waals surface area contributed by atoms with Crippen molar-refractivity contribution >= 4 is 53.9 Å². The van der Waals surface area contributed by atoms with Crippen molar-refractivity contribution in [2.75, 3.05) is 33.4 Å². The average molecular weight is 632 g/mol. The van der Waals surface area contributed by atoms with Crippen LogP contribution in [0.5, 0.6) is 0 Å². The number of hydrogen-bond acceptors (Lipinski definition) is 5. The van der Waals surface area contributed by atoms with Gasteiger partial charge in [-0.2, -0.15) is 0 Å². The van der Waals surface area contributed by atoms with Gasteiger partial charge in [-0.3, -0.25) is 4.79 Å². The molecule has 1 aliphatic rings. The van der Waals surface area contributed by atoms with E-state index in [9.17, 15) is 14.7 Å². The van der Waals surface area contributed by atoms with Gasteiger partial charge in [0.1, 0.15) is 0 Å². The number of hydrogen-bond donors (Lipinski definition) is 2. The molecule has 0 aliphatic carbocycles. The molecule has 0 radical (unpaired) electrons. The van der Waals surface area contributed by atoms with Gasteiger partial charge in [-0.05, 0) is 33.1 Å². The van der Waals surface area contributed by atoms with Crippen molar-refractivity contribution in [3.8, 4) is 0 Å². The first-order valence-corrected chi connectivity index (χ1v) is 16.6. The Balaban J connectivity index is 0.000000230. The number of halogens is 2. The first kappa shape index (κ1) is 33.6. The summed E-state index contributed by atoms with van der Waals surface area (Å²) in [5.41, 5.74) is 0.815. The highest BCUT2D eigenvalue weighted by molar-refractivity contribution is 6.99. The molecule has 1 atom stereocenters. The molecule has 1 heterocycles. The van der Waals surface area contributed by atoms with Crippen LogP contribution in [0.3, 0.4) is 0 Å². The molecule has 226 valence electrons. The summed E-state index contributed by atoms with van der Waals surface area (Å²) in [4.78, 5) is 24.9. The molecule has 0 aromatic heterocycles. The Kier molecular flexibility index (Phi) is 12.4. The molecule has 1 unspecified atom stereocenters. The van der Waals surface area contributed by atoms with Crippen molar-refractivity contribution in [3.63, 3.8) is 0 Å². The van der Waals surface area contributed by atoms with Crippen molar-refractivity contribution in [1.29, 1.82) is 0 Å². The van der Waals surface area contributed by atoms with Gasteiger partial charge in [-0.25, -0.2) is 4.79 Å². The van der Waals surface area contributed by atoms with E-state index in [4.69, 9.17) is 27.6 Å². The summed E-state index contributed by atoms with van der Waals surface area (Å²) in [6, 6.07) is 25.9. The van der Waals surface area contributed by atoms with Gasteiger partial charge in [-0.15, -0.1) is 0 Å². The molecule has 1 aliphatic heterocycles. The Morgan fingerprint density at radius 2 is 1.62 bits per heavy atom. The number of rotatable bonds is 9. The number of amides is 2. The van der Waals surface area contributed by atoms with E-state index in [1.54, 1.807) is 23.1 Å². The molecule has 4 rings (SSSR count). The fraction of sp³-hybridized carbons (Fsp3) is 0.375. The molecule has 0 bridgehead atoms. The monoisotopic (exact) mass is 630 g/mol. The van der Waals surface area contributed by atoms with Crippen LogP contribution < -0.4 is 15.7 Å². The summed E-state index contributed by atoms with van der Waals surface area (Å²) >= 11 is 12.0. The maximum Gasteiger partial charge on any atom is 0.317 e. The quantitative estimate of drug-likeness (QED) is 0.249. The van der Waals surface area contributed by atoms with Crippen LogP contribution in [0.15, 0.2) is 78.9 Å². The summed E-state index contributed by atoms with van der Waals surface area (Å²) in [5.74, 6) is -0.248. The van der Waals surface area contributed by atoms with Crippen LogP contribution in [0.2, 0.25) is 15.1 Å². The van der Waals surface area contributed by atoms with E-state index in [-0.39, 0.29) is 36.0 Å². The molecule has 42 heavy (non-hydrogen) atoms. The zero-order valence-electron chi connectivity index (χ0n) is 24.6. The zero-order chi connectivity index (χ0) is 30.8. The van der Waals surface area contributed by atoms with E-state index >= 15 is 0 Å². The first-order valence-electron chi connectivity index (χ1n) is 13.9. The Hall–Kier alpha value is -2.88. The van der Waals surface area contributed by atoms with E-state index in [2.05, 4.69) is 79.4 Å². The van der Waals surface area contributed by atoms with Crippen molar-refractivity contribution in [3.05, 3.63) is 94.5 Å². The van der Waals surface area contributed by atoms with Crippen LogP contribution in [0.1, 0.15) is 32.8 Å². The number of aliphatic hydroxyl groups excluding tert-OH is 1. The minimum Gasteiger partial charge on any atom is -0.469 e. The highest BCUT2D eigenvalue weighted by Gasteiger charge is 2.49. The van der Waals surface area contributed by atoms with E-state index in [0.717, 1.165) is 5.56 Å². The maximum absolute atomic E-state index is 11.9. The van der Waals surface area contributed by atoms with E-state index in [1.165, 1.54) is 17.5 Å². The number of aliphatic hydroxyl groups is 1. The third kappa shape index (κ3) is 8.58. The van der Waals surface area contributed by atoms with Gasteiger partial charge < -0.3 is 24.5 Å². The molecule has 7 nitrogen and oxygen atoms in total. The molecule has 1 fully saturated rings. The lowest BCUT2D eigenvalue weighted by Crippen LogP contribution is -2.66. The Labute approximate surface area is 259 Å². The van der Waals surface area contributed by atoms with Gasteiger partial charge in [0.2, 0.25) is 0 Å². The van der Waals surface area contributed by atoms with Crippen LogP contribution in [0.4, 0.5) is 4.79 Å². The minimum atomic E-state index is -2.43. The van der Waals surface area contributed by atoms with Crippen molar-refractivity contribution in [2.45, 2.75) is 38.8 Å². The molecule has 0 spiro atoms. The Morgan fingerprint density at radius 1 is 1.02 bits per heavy atom. The van der Waals surface area contributed by atoms with Gasteiger partial charge >= 0.3 is 12.0 Å². The van der Waals surface area contributed by atoms with Crippen molar-refractivity contribution < 1.29 is 23.9 Å². The second-order valence-electron chi connectivity index (χ2n) is 11.2. The molecule has 0 saturated carbocycles. The molecule has 3 aromatic rings. The van der Waals surface area contributed by atoms with Crippen molar-refractivity contribution in [2.24, 2.45) is 5.92 Å². The smallest absolute Gasteiger partial charge is 0.317 e. The number of benzene rings is 3. The summed E-state index contributed by atoms with van der Waals surface area (Å²) in [5, 5.41) is 15.6. The van der Waals surface area contributed by atoms with E-state index in [1.807, 2.05) is 12.1 Å². The lowest BCUT2D eigenvalue weighted by molar-refractivity contribution is -0.141. The molecule has 1 saturated heterocycles. The van der Waals surface area contributed by atoms with Crippen molar-refractivity contribution in [1.82, 2.24) is 10.2 Å². The predicted octanol–water partition coefficient (Wildman–Crippen LogP) is 5.25. The largest absolute Gasteiger partial charge is 0.469 e. The second-order valence-corrected chi connectivity index (χ2v) is 16.3. The van der Waals surface area contributed by atoms with Gasteiger partial charge in [0.05, 0.1) is 26.7 Å². The number of carbonyl (C=O) groups is 2.